The fraction of sp³-hybridized carbons (Fsp3) is 0.529. The molecule has 0 radical (unpaired) electrons. The predicted octanol–water partition coefficient (Wildman–Crippen LogP) is 2.32. The van der Waals surface area contributed by atoms with Crippen molar-refractivity contribution < 1.29 is 24.2 Å². The van der Waals surface area contributed by atoms with E-state index >= 15 is 0 Å². The molecule has 6 nitrogen and oxygen atoms in total. The Morgan fingerprint density at radius 2 is 2.04 bits per heavy atom. The fourth-order valence-electron chi connectivity index (χ4n) is 3.26. The summed E-state index contributed by atoms with van der Waals surface area (Å²) in [7, 11) is 0. The van der Waals surface area contributed by atoms with E-state index in [1.165, 1.54) is 0 Å². The van der Waals surface area contributed by atoms with Crippen molar-refractivity contribution in [2.75, 3.05) is 19.8 Å². The van der Waals surface area contributed by atoms with Crippen molar-refractivity contribution in [3.8, 4) is 11.5 Å². The number of nitrogens with zero attached hydrogens (tertiary/aromatic N) is 1. The Labute approximate surface area is 135 Å². The maximum Gasteiger partial charge on any atom is 0.303 e. The van der Waals surface area contributed by atoms with E-state index in [1.54, 1.807) is 23.1 Å². The summed E-state index contributed by atoms with van der Waals surface area (Å²) in [6, 6.07) is 5.31. The van der Waals surface area contributed by atoms with Gasteiger partial charge in [-0.05, 0) is 37.8 Å². The number of likely N-dealkylation sites (tertiary alicyclic amines) is 1. The zero-order chi connectivity index (χ0) is 16.2. The topological polar surface area (TPSA) is 76.1 Å². The Morgan fingerprint density at radius 3 is 2.87 bits per heavy atom. The Kier molecular flexibility index (Phi) is 4.69. The van der Waals surface area contributed by atoms with Crippen molar-refractivity contribution in [3.05, 3.63) is 23.8 Å². The molecule has 0 bridgehead atoms. The largest absolute Gasteiger partial charge is 0.486 e. The second-order valence-electron chi connectivity index (χ2n) is 5.91. The molecule has 124 valence electrons. The van der Waals surface area contributed by atoms with Gasteiger partial charge in [0.25, 0.3) is 5.91 Å². The molecular formula is C17H21NO5. The number of para-hydroxylation sites is 1. The Morgan fingerprint density at radius 1 is 1.22 bits per heavy atom. The number of fused-ring (bicyclic) bond motifs is 1. The summed E-state index contributed by atoms with van der Waals surface area (Å²) in [6.07, 6.45) is 3.40. The van der Waals surface area contributed by atoms with Gasteiger partial charge in [-0.3, -0.25) is 9.59 Å². The Balaban J connectivity index is 1.81. The zero-order valence-electron chi connectivity index (χ0n) is 13.0. The van der Waals surface area contributed by atoms with Crippen LogP contribution in [0.4, 0.5) is 0 Å². The standard InChI is InChI=1S/C17H21NO5/c19-15(20)8-7-12-4-1-2-9-18(12)17(21)13-5-3-6-14-16(13)23-11-10-22-14/h3,5-6,12H,1-2,4,7-11H2,(H,19,20). The van der Waals surface area contributed by atoms with Crippen LogP contribution in [0, 0.1) is 0 Å². The second kappa shape index (κ2) is 6.89. The van der Waals surface area contributed by atoms with Crippen LogP contribution >= 0.6 is 0 Å². The molecule has 23 heavy (non-hydrogen) atoms. The van der Waals surface area contributed by atoms with Gasteiger partial charge in [0, 0.05) is 19.0 Å². The SMILES string of the molecule is O=C(O)CCC1CCCCN1C(=O)c1cccc2c1OCCO2. The summed E-state index contributed by atoms with van der Waals surface area (Å²) >= 11 is 0. The van der Waals surface area contributed by atoms with E-state index in [2.05, 4.69) is 0 Å². The number of amides is 1. The van der Waals surface area contributed by atoms with Gasteiger partial charge in [0.05, 0.1) is 5.56 Å². The molecule has 0 aliphatic carbocycles. The first-order valence-electron chi connectivity index (χ1n) is 8.08. The highest BCUT2D eigenvalue weighted by Gasteiger charge is 2.30. The lowest BCUT2D eigenvalue weighted by Crippen LogP contribution is -2.44. The van der Waals surface area contributed by atoms with Crippen LogP contribution in [0.2, 0.25) is 0 Å². The normalized spacial score (nSPS) is 20.2. The number of piperidine rings is 1. The predicted molar refractivity (Wildman–Crippen MR) is 83.0 cm³/mol. The Hall–Kier alpha value is -2.24. The van der Waals surface area contributed by atoms with Crippen LogP contribution in [0.3, 0.4) is 0 Å². The molecule has 1 aromatic rings. The highest BCUT2D eigenvalue weighted by molar-refractivity contribution is 5.98. The van der Waals surface area contributed by atoms with Gasteiger partial charge in [-0.1, -0.05) is 6.07 Å². The number of carboxylic acids is 1. The average Bonchev–Trinajstić information content (AvgIpc) is 2.59. The molecule has 1 N–H and O–H groups in total. The molecule has 1 aromatic carbocycles. The van der Waals surface area contributed by atoms with Crippen LogP contribution in [0.15, 0.2) is 18.2 Å². The molecule has 2 heterocycles. The van der Waals surface area contributed by atoms with Gasteiger partial charge in [-0.15, -0.1) is 0 Å². The molecule has 1 atom stereocenters. The van der Waals surface area contributed by atoms with Crippen molar-refractivity contribution in [2.24, 2.45) is 0 Å². The highest BCUT2D eigenvalue weighted by atomic mass is 16.6. The van der Waals surface area contributed by atoms with E-state index in [4.69, 9.17) is 14.6 Å². The minimum absolute atomic E-state index is 0.0206. The van der Waals surface area contributed by atoms with E-state index in [0.29, 0.717) is 43.2 Å². The first-order chi connectivity index (χ1) is 11.2. The minimum Gasteiger partial charge on any atom is -0.486 e. The monoisotopic (exact) mass is 319 g/mol. The number of carboxylic acid groups (broad SMARTS) is 1. The summed E-state index contributed by atoms with van der Waals surface area (Å²) in [5.41, 5.74) is 0.504. The molecule has 1 fully saturated rings. The van der Waals surface area contributed by atoms with Crippen LogP contribution < -0.4 is 9.47 Å². The van der Waals surface area contributed by atoms with Gasteiger partial charge in [0.2, 0.25) is 0 Å². The lowest BCUT2D eigenvalue weighted by Gasteiger charge is -2.36. The summed E-state index contributed by atoms with van der Waals surface area (Å²) in [6.45, 7) is 1.57. The van der Waals surface area contributed by atoms with Crippen molar-refractivity contribution in [1.29, 1.82) is 0 Å². The molecular weight excluding hydrogens is 298 g/mol. The summed E-state index contributed by atoms with van der Waals surface area (Å²) in [4.78, 5) is 25.6. The molecule has 1 unspecified atom stereocenters. The number of ether oxygens (including phenoxy) is 2. The molecule has 0 aromatic heterocycles. The van der Waals surface area contributed by atoms with Gasteiger partial charge in [0.15, 0.2) is 11.5 Å². The van der Waals surface area contributed by atoms with Crippen molar-refractivity contribution in [2.45, 2.75) is 38.1 Å². The molecule has 0 spiro atoms. The van der Waals surface area contributed by atoms with Crippen LogP contribution in [0.25, 0.3) is 0 Å². The average molecular weight is 319 g/mol. The first-order valence-corrected chi connectivity index (χ1v) is 8.08. The number of benzene rings is 1. The summed E-state index contributed by atoms with van der Waals surface area (Å²) < 4.78 is 11.2. The van der Waals surface area contributed by atoms with Crippen LogP contribution in [-0.4, -0.2) is 47.7 Å². The molecule has 1 saturated heterocycles. The number of hydrogen-bond acceptors (Lipinski definition) is 4. The molecule has 2 aliphatic heterocycles. The third-order valence-corrected chi connectivity index (χ3v) is 4.38. The van der Waals surface area contributed by atoms with Gasteiger partial charge >= 0.3 is 5.97 Å². The van der Waals surface area contributed by atoms with E-state index in [0.717, 1.165) is 19.3 Å². The summed E-state index contributed by atoms with van der Waals surface area (Å²) in [5.74, 6) is 0.187. The second-order valence-corrected chi connectivity index (χ2v) is 5.91. The highest BCUT2D eigenvalue weighted by Crippen LogP contribution is 2.35. The lowest BCUT2D eigenvalue weighted by atomic mass is 9.96. The molecule has 1 amide bonds. The van der Waals surface area contributed by atoms with Gasteiger partial charge in [-0.2, -0.15) is 0 Å². The van der Waals surface area contributed by atoms with E-state index in [9.17, 15) is 9.59 Å². The maximum atomic E-state index is 13.0. The number of aliphatic carboxylic acids is 1. The molecule has 3 rings (SSSR count). The van der Waals surface area contributed by atoms with Crippen molar-refractivity contribution in [3.63, 3.8) is 0 Å². The smallest absolute Gasteiger partial charge is 0.303 e. The Bertz CT molecular complexity index is 601. The van der Waals surface area contributed by atoms with Crippen LogP contribution in [-0.2, 0) is 4.79 Å². The quantitative estimate of drug-likeness (QED) is 0.921. The zero-order valence-corrected chi connectivity index (χ0v) is 13.0. The number of carbonyl (C=O) groups excluding carboxylic acids is 1. The molecule has 2 aliphatic rings. The van der Waals surface area contributed by atoms with Crippen LogP contribution in [0.5, 0.6) is 11.5 Å². The molecule has 0 saturated carbocycles. The van der Waals surface area contributed by atoms with Gasteiger partial charge < -0.3 is 19.5 Å². The molecule has 6 heteroatoms. The minimum atomic E-state index is -0.822. The lowest BCUT2D eigenvalue weighted by molar-refractivity contribution is -0.137. The third kappa shape index (κ3) is 3.41. The first kappa shape index (κ1) is 15.6. The van der Waals surface area contributed by atoms with Gasteiger partial charge in [0.1, 0.15) is 13.2 Å². The van der Waals surface area contributed by atoms with Crippen molar-refractivity contribution >= 4 is 11.9 Å². The summed E-state index contributed by atoms with van der Waals surface area (Å²) in [5, 5.41) is 8.90. The fourth-order valence-corrected chi connectivity index (χ4v) is 3.26. The van der Waals surface area contributed by atoms with E-state index in [-0.39, 0.29) is 18.4 Å². The van der Waals surface area contributed by atoms with E-state index in [1.807, 2.05) is 0 Å². The van der Waals surface area contributed by atoms with Crippen LogP contribution in [0.1, 0.15) is 42.5 Å². The van der Waals surface area contributed by atoms with Gasteiger partial charge in [-0.25, -0.2) is 0 Å². The van der Waals surface area contributed by atoms with Crippen molar-refractivity contribution in [1.82, 2.24) is 4.90 Å². The number of hydrogen-bond donors (Lipinski definition) is 1. The number of carbonyl (C=O) groups is 2. The van der Waals surface area contributed by atoms with E-state index < -0.39 is 5.97 Å². The third-order valence-electron chi connectivity index (χ3n) is 4.38. The number of rotatable bonds is 4. The maximum absolute atomic E-state index is 13.0.